The molecule has 0 heterocycles. The Morgan fingerprint density at radius 1 is 1.22 bits per heavy atom. The molecule has 1 atom stereocenters. The van der Waals surface area contributed by atoms with Crippen LogP contribution in [0, 0.1) is 0 Å². The molecular weight excluding hydrogens is 230 g/mol. The van der Waals surface area contributed by atoms with E-state index in [4.69, 9.17) is 19.9 Å². The summed E-state index contributed by atoms with van der Waals surface area (Å²) in [5.41, 5.74) is 7.08. The summed E-state index contributed by atoms with van der Waals surface area (Å²) in [6, 6.07) is 6.02. The highest BCUT2D eigenvalue weighted by Crippen LogP contribution is 2.31. The topological polar surface area (TPSA) is 53.7 Å². The molecule has 0 aliphatic heterocycles. The Hall–Kier alpha value is -1.26. The maximum absolute atomic E-state index is 6.00. The molecule has 18 heavy (non-hydrogen) atoms. The molecule has 102 valence electrons. The highest BCUT2D eigenvalue weighted by molar-refractivity contribution is 5.47. The van der Waals surface area contributed by atoms with Gasteiger partial charge in [-0.1, -0.05) is 19.1 Å². The van der Waals surface area contributed by atoms with Gasteiger partial charge in [-0.3, -0.25) is 0 Å². The van der Waals surface area contributed by atoms with Gasteiger partial charge in [0.2, 0.25) is 0 Å². The number of methoxy groups -OCH3 is 2. The van der Waals surface area contributed by atoms with Gasteiger partial charge in [0.25, 0.3) is 0 Å². The molecule has 4 nitrogen and oxygen atoms in total. The van der Waals surface area contributed by atoms with Crippen LogP contribution in [0.25, 0.3) is 0 Å². The summed E-state index contributed by atoms with van der Waals surface area (Å²) in [7, 11) is 3.29. The van der Waals surface area contributed by atoms with E-state index in [0.29, 0.717) is 13.2 Å². The third kappa shape index (κ3) is 4.20. The molecule has 0 saturated carbocycles. The maximum Gasteiger partial charge on any atom is 0.164 e. The summed E-state index contributed by atoms with van der Waals surface area (Å²) >= 11 is 0. The van der Waals surface area contributed by atoms with Crippen molar-refractivity contribution in [2.45, 2.75) is 25.8 Å². The SMILES string of the molecule is CCC(N)Cc1cccc(OC)c1OCCOC. The molecule has 1 unspecified atom stereocenters. The second-order valence-electron chi connectivity index (χ2n) is 4.16. The molecule has 4 heteroatoms. The molecule has 0 aliphatic carbocycles. The lowest BCUT2D eigenvalue weighted by atomic mass is 10.0. The van der Waals surface area contributed by atoms with Crippen LogP contribution in [0.15, 0.2) is 18.2 Å². The molecule has 1 aromatic rings. The maximum atomic E-state index is 6.00. The Morgan fingerprint density at radius 2 is 2.00 bits per heavy atom. The lowest BCUT2D eigenvalue weighted by Gasteiger charge is -2.17. The quantitative estimate of drug-likeness (QED) is 0.720. The Bertz CT molecular complexity index is 355. The molecule has 0 radical (unpaired) electrons. The van der Waals surface area contributed by atoms with E-state index in [0.717, 1.165) is 29.9 Å². The molecule has 0 fully saturated rings. The van der Waals surface area contributed by atoms with Crippen LogP contribution in [-0.2, 0) is 11.2 Å². The first-order valence-corrected chi connectivity index (χ1v) is 6.26. The second-order valence-corrected chi connectivity index (χ2v) is 4.16. The number of hydrogen-bond donors (Lipinski definition) is 1. The fourth-order valence-electron chi connectivity index (χ4n) is 1.70. The van der Waals surface area contributed by atoms with Crippen molar-refractivity contribution < 1.29 is 14.2 Å². The zero-order valence-electron chi connectivity index (χ0n) is 11.4. The van der Waals surface area contributed by atoms with Crippen molar-refractivity contribution in [3.63, 3.8) is 0 Å². The Balaban J connectivity index is 2.85. The van der Waals surface area contributed by atoms with Crippen LogP contribution in [0.1, 0.15) is 18.9 Å². The summed E-state index contributed by atoms with van der Waals surface area (Å²) in [6.45, 7) is 3.14. The third-order valence-electron chi connectivity index (χ3n) is 2.82. The molecule has 1 aromatic carbocycles. The molecule has 0 bridgehead atoms. The second kappa shape index (κ2) is 7.95. The average molecular weight is 253 g/mol. The van der Waals surface area contributed by atoms with Gasteiger partial charge in [-0.2, -0.15) is 0 Å². The van der Waals surface area contributed by atoms with Crippen LogP contribution in [0.4, 0.5) is 0 Å². The van der Waals surface area contributed by atoms with Crippen LogP contribution in [0.5, 0.6) is 11.5 Å². The van der Waals surface area contributed by atoms with Gasteiger partial charge in [0, 0.05) is 13.2 Å². The largest absolute Gasteiger partial charge is 0.493 e. The number of ether oxygens (including phenoxy) is 3. The summed E-state index contributed by atoms with van der Waals surface area (Å²) in [4.78, 5) is 0. The molecule has 0 amide bonds. The highest BCUT2D eigenvalue weighted by atomic mass is 16.5. The van der Waals surface area contributed by atoms with Crippen LogP contribution < -0.4 is 15.2 Å². The smallest absolute Gasteiger partial charge is 0.164 e. The molecular formula is C14H23NO3. The summed E-state index contributed by atoms with van der Waals surface area (Å²) in [5.74, 6) is 1.52. The Morgan fingerprint density at radius 3 is 2.61 bits per heavy atom. The number of rotatable bonds is 8. The zero-order chi connectivity index (χ0) is 13.4. The summed E-state index contributed by atoms with van der Waals surface area (Å²) in [6.07, 6.45) is 1.73. The van der Waals surface area contributed by atoms with Crippen molar-refractivity contribution in [2.75, 3.05) is 27.4 Å². The van der Waals surface area contributed by atoms with Gasteiger partial charge >= 0.3 is 0 Å². The zero-order valence-corrected chi connectivity index (χ0v) is 11.4. The van der Waals surface area contributed by atoms with Crippen molar-refractivity contribution in [2.24, 2.45) is 5.73 Å². The molecule has 1 rings (SSSR count). The monoisotopic (exact) mass is 253 g/mol. The van der Waals surface area contributed by atoms with Gasteiger partial charge in [-0.15, -0.1) is 0 Å². The fourth-order valence-corrected chi connectivity index (χ4v) is 1.70. The normalized spacial score (nSPS) is 12.2. The lowest BCUT2D eigenvalue weighted by Crippen LogP contribution is -2.22. The number of hydrogen-bond acceptors (Lipinski definition) is 4. The molecule has 0 aromatic heterocycles. The summed E-state index contributed by atoms with van der Waals surface area (Å²) in [5, 5.41) is 0. The predicted octanol–water partition coefficient (Wildman–Crippen LogP) is 2.00. The minimum atomic E-state index is 0.141. The fraction of sp³-hybridized carbons (Fsp3) is 0.571. The first-order valence-electron chi connectivity index (χ1n) is 6.26. The van der Waals surface area contributed by atoms with E-state index in [-0.39, 0.29) is 6.04 Å². The van der Waals surface area contributed by atoms with Crippen molar-refractivity contribution in [3.05, 3.63) is 23.8 Å². The standard InChI is InChI=1S/C14H23NO3/c1-4-12(15)10-11-6-5-7-13(17-3)14(11)18-9-8-16-2/h5-7,12H,4,8-10,15H2,1-3H3. The number of benzene rings is 1. The minimum absolute atomic E-state index is 0.141. The van der Waals surface area contributed by atoms with E-state index in [9.17, 15) is 0 Å². The van der Waals surface area contributed by atoms with Crippen LogP contribution in [0.2, 0.25) is 0 Å². The van der Waals surface area contributed by atoms with E-state index in [1.165, 1.54) is 0 Å². The molecule has 0 spiro atoms. The van der Waals surface area contributed by atoms with Gasteiger partial charge < -0.3 is 19.9 Å². The Labute approximate surface area is 109 Å². The number of nitrogens with two attached hydrogens (primary N) is 1. The van der Waals surface area contributed by atoms with E-state index in [1.54, 1.807) is 14.2 Å². The molecule has 0 saturated heterocycles. The third-order valence-corrected chi connectivity index (χ3v) is 2.82. The molecule has 2 N–H and O–H groups in total. The average Bonchev–Trinajstić information content (AvgIpc) is 2.40. The van der Waals surface area contributed by atoms with E-state index in [1.807, 2.05) is 18.2 Å². The van der Waals surface area contributed by atoms with Crippen LogP contribution >= 0.6 is 0 Å². The molecule has 0 aliphatic rings. The number of para-hydroxylation sites is 1. The van der Waals surface area contributed by atoms with Crippen molar-refractivity contribution in [1.82, 2.24) is 0 Å². The van der Waals surface area contributed by atoms with Crippen molar-refractivity contribution in [3.8, 4) is 11.5 Å². The van der Waals surface area contributed by atoms with E-state index in [2.05, 4.69) is 6.92 Å². The van der Waals surface area contributed by atoms with Crippen LogP contribution in [0.3, 0.4) is 0 Å². The highest BCUT2D eigenvalue weighted by Gasteiger charge is 2.12. The van der Waals surface area contributed by atoms with Crippen LogP contribution in [-0.4, -0.2) is 33.5 Å². The van der Waals surface area contributed by atoms with E-state index >= 15 is 0 Å². The van der Waals surface area contributed by atoms with Gasteiger partial charge in [0.05, 0.1) is 13.7 Å². The minimum Gasteiger partial charge on any atom is -0.493 e. The summed E-state index contributed by atoms with van der Waals surface area (Å²) < 4.78 is 16.1. The van der Waals surface area contributed by atoms with Gasteiger partial charge in [0.15, 0.2) is 11.5 Å². The van der Waals surface area contributed by atoms with Crippen molar-refractivity contribution >= 4 is 0 Å². The van der Waals surface area contributed by atoms with Crippen molar-refractivity contribution in [1.29, 1.82) is 0 Å². The first kappa shape index (κ1) is 14.8. The Kier molecular flexibility index (Phi) is 6.54. The van der Waals surface area contributed by atoms with Gasteiger partial charge in [0.1, 0.15) is 6.61 Å². The first-order chi connectivity index (χ1) is 8.72. The van der Waals surface area contributed by atoms with E-state index < -0.39 is 0 Å². The predicted molar refractivity (Wildman–Crippen MR) is 72.3 cm³/mol. The van der Waals surface area contributed by atoms with Gasteiger partial charge in [-0.05, 0) is 24.5 Å². The lowest BCUT2D eigenvalue weighted by molar-refractivity contribution is 0.143. The van der Waals surface area contributed by atoms with Gasteiger partial charge in [-0.25, -0.2) is 0 Å².